The smallest absolute Gasteiger partial charge is 0.261 e. The molecule has 0 bridgehead atoms. The van der Waals surface area contributed by atoms with E-state index in [1.165, 1.54) is 11.3 Å². The minimum Gasteiger partial charge on any atom is -0.447 e. The number of amides is 2. The number of rotatable bonds is 5. The number of nitrogens with zero attached hydrogens (tertiary/aromatic N) is 2. The van der Waals surface area contributed by atoms with E-state index in [1.807, 2.05) is 6.92 Å². The molecule has 21 heavy (non-hydrogen) atoms. The lowest BCUT2D eigenvalue weighted by molar-refractivity contribution is 0.0664. The molecule has 0 unspecified atom stereocenters. The van der Waals surface area contributed by atoms with Gasteiger partial charge in [-0.15, -0.1) is 0 Å². The molecule has 1 aromatic carbocycles. The highest BCUT2D eigenvalue weighted by atomic mass is 32.2. The molecule has 2 aromatic rings. The Kier molecular flexibility index (Phi) is 3.79. The predicted molar refractivity (Wildman–Crippen MR) is 79.2 cm³/mol. The zero-order chi connectivity index (χ0) is 14.8. The molecule has 1 aromatic heterocycles. The fourth-order valence-corrected chi connectivity index (χ4v) is 3.15. The van der Waals surface area contributed by atoms with E-state index in [0.717, 1.165) is 11.5 Å². The Bertz CT molecular complexity index is 661. The van der Waals surface area contributed by atoms with Gasteiger partial charge in [0.15, 0.2) is 6.39 Å². The van der Waals surface area contributed by atoms with Crippen molar-refractivity contribution in [3.05, 3.63) is 53.2 Å². The second-order valence-corrected chi connectivity index (χ2v) is 5.83. The molecule has 0 spiro atoms. The number of aryl methyl sites for hydroxylation is 1. The number of fused-ring (bicyclic) bond motifs is 1. The van der Waals surface area contributed by atoms with Crippen LogP contribution in [0.15, 0.2) is 35.1 Å². The van der Waals surface area contributed by atoms with E-state index >= 15 is 0 Å². The van der Waals surface area contributed by atoms with Crippen molar-refractivity contribution >= 4 is 23.6 Å². The molecule has 0 fully saturated rings. The van der Waals surface area contributed by atoms with Gasteiger partial charge in [-0.1, -0.05) is 12.1 Å². The van der Waals surface area contributed by atoms with Gasteiger partial charge >= 0.3 is 0 Å². The van der Waals surface area contributed by atoms with Gasteiger partial charge in [-0.05, 0) is 19.1 Å². The average molecular weight is 302 g/mol. The molecular formula is C15H14N2O3S. The Balaban J connectivity index is 1.56. The molecule has 0 radical (unpaired) electrons. The number of hydrogen-bond donors (Lipinski definition) is 0. The van der Waals surface area contributed by atoms with Crippen molar-refractivity contribution in [2.24, 2.45) is 0 Å². The average Bonchev–Trinajstić information content (AvgIpc) is 3.00. The van der Waals surface area contributed by atoms with Crippen LogP contribution in [0.1, 0.15) is 32.2 Å². The number of oxazole rings is 1. The number of carbonyl (C=O) groups is 2. The molecule has 0 N–H and O–H groups in total. The fourth-order valence-electron chi connectivity index (χ4n) is 2.23. The quantitative estimate of drug-likeness (QED) is 0.627. The third-order valence-corrected chi connectivity index (χ3v) is 4.35. The van der Waals surface area contributed by atoms with Gasteiger partial charge in [0.1, 0.15) is 5.76 Å². The topological polar surface area (TPSA) is 63.4 Å². The van der Waals surface area contributed by atoms with E-state index < -0.39 is 0 Å². The second kappa shape index (κ2) is 5.73. The van der Waals surface area contributed by atoms with Crippen molar-refractivity contribution in [2.75, 3.05) is 12.3 Å². The zero-order valence-corrected chi connectivity index (χ0v) is 12.4. The third-order valence-electron chi connectivity index (χ3n) is 3.42. The highest BCUT2D eigenvalue weighted by Crippen LogP contribution is 2.23. The lowest BCUT2D eigenvalue weighted by Gasteiger charge is -2.12. The molecule has 0 saturated carbocycles. The molecule has 3 rings (SSSR count). The van der Waals surface area contributed by atoms with Crippen molar-refractivity contribution in [1.82, 2.24) is 9.88 Å². The number of imide groups is 1. The first-order chi connectivity index (χ1) is 10.2. The molecule has 5 nitrogen and oxygen atoms in total. The summed E-state index contributed by atoms with van der Waals surface area (Å²) >= 11 is 1.61. The summed E-state index contributed by atoms with van der Waals surface area (Å²) in [6.45, 7) is 2.30. The summed E-state index contributed by atoms with van der Waals surface area (Å²) in [6, 6.07) is 6.94. The highest BCUT2D eigenvalue weighted by molar-refractivity contribution is 7.98. The van der Waals surface area contributed by atoms with Crippen LogP contribution in [-0.4, -0.2) is 34.0 Å². The van der Waals surface area contributed by atoms with Gasteiger partial charge in [-0.2, -0.15) is 11.8 Å². The van der Waals surface area contributed by atoms with Crippen LogP contribution in [0.3, 0.4) is 0 Å². The molecule has 1 aliphatic heterocycles. The SMILES string of the molecule is Cc1ncoc1CSCCN1C(=O)c2ccccc2C1=O. The Labute approximate surface area is 126 Å². The van der Waals surface area contributed by atoms with Crippen molar-refractivity contribution in [3.8, 4) is 0 Å². The van der Waals surface area contributed by atoms with E-state index in [9.17, 15) is 9.59 Å². The summed E-state index contributed by atoms with van der Waals surface area (Å²) in [5.41, 5.74) is 1.88. The van der Waals surface area contributed by atoms with E-state index in [0.29, 0.717) is 29.2 Å². The minimum absolute atomic E-state index is 0.202. The van der Waals surface area contributed by atoms with Gasteiger partial charge in [0.05, 0.1) is 22.6 Å². The summed E-state index contributed by atoms with van der Waals surface area (Å²) in [4.78, 5) is 29.6. The van der Waals surface area contributed by atoms with Crippen LogP contribution >= 0.6 is 11.8 Å². The minimum atomic E-state index is -0.202. The van der Waals surface area contributed by atoms with Gasteiger partial charge < -0.3 is 4.42 Å². The standard InChI is InChI=1S/C15H14N2O3S/c1-10-13(20-9-16-10)8-21-7-6-17-14(18)11-4-2-3-5-12(11)15(17)19/h2-5,9H,6-8H2,1H3. The van der Waals surface area contributed by atoms with Crippen molar-refractivity contribution in [2.45, 2.75) is 12.7 Å². The fraction of sp³-hybridized carbons (Fsp3) is 0.267. The number of hydrogen-bond acceptors (Lipinski definition) is 5. The maximum Gasteiger partial charge on any atom is 0.261 e. The first-order valence-electron chi connectivity index (χ1n) is 6.60. The summed E-state index contributed by atoms with van der Waals surface area (Å²) in [5, 5.41) is 0. The Hall–Kier alpha value is -2.08. The molecular weight excluding hydrogens is 288 g/mol. The van der Waals surface area contributed by atoms with Crippen LogP contribution in [0.5, 0.6) is 0 Å². The van der Waals surface area contributed by atoms with Crippen molar-refractivity contribution in [3.63, 3.8) is 0 Å². The van der Waals surface area contributed by atoms with Crippen LogP contribution < -0.4 is 0 Å². The molecule has 6 heteroatoms. The van der Waals surface area contributed by atoms with Crippen LogP contribution in [0, 0.1) is 6.92 Å². The monoisotopic (exact) mass is 302 g/mol. The summed E-state index contributed by atoms with van der Waals surface area (Å²) < 4.78 is 5.25. The van der Waals surface area contributed by atoms with Gasteiger partial charge in [0, 0.05) is 12.3 Å². The third kappa shape index (κ3) is 2.58. The summed E-state index contributed by atoms with van der Waals surface area (Å²) in [6.07, 6.45) is 1.43. The van der Waals surface area contributed by atoms with E-state index in [4.69, 9.17) is 4.42 Å². The molecule has 0 saturated heterocycles. The second-order valence-electron chi connectivity index (χ2n) is 4.72. The van der Waals surface area contributed by atoms with Gasteiger partial charge in [-0.25, -0.2) is 4.98 Å². The molecule has 0 atom stereocenters. The highest BCUT2D eigenvalue weighted by Gasteiger charge is 2.34. The largest absolute Gasteiger partial charge is 0.447 e. The molecule has 0 aliphatic carbocycles. The van der Waals surface area contributed by atoms with Crippen molar-refractivity contribution in [1.29, 1.82) is 0 Å². The Morgan fingerprint density at radius 2 is 1.86 bits per heavy atom. The summed E-state index contributed by atoms with van der Waals surface area (Å²) in [7, 11) is 0. The maximum absolute atomic E-state index is 12.2. The Morgan fingerprint density at radius 3 is 2.43 bits per heavy atom. The van der Waals surface area contributed by atoms with Gasteiger partial charge in [0.2, 0.25) is 0 Å². The number of benzene rings is 1. The van der Waals surface area contributed by atoms with Crippen LogP contribution in [0.2, 0.25) is 0 Å². The van der Waals surface area contributed by atoms with E-state index in [2.05, 4.69) is 4.98 Å². The van der Waals surface area contributed by atoms with E-state index in [1.54, 1.807) is 36.0 Å². The van der Waals surface area contributed by atoms with Crippen LogP contribution in [0.25, 0.3) is 0 Å². The first kappa shape index (κ1) is 13.9. The molecule has 2 heterocycles. The Morgan fingerprint density at radius 1 is 1.19 bits per heavy atom. The molecule has 2 amide bonds. The van der Waals surface area contributed by atoms with Crippen molar-refractivity contribution < 1.29 is 14.0 Å². The van der Waals surface area contributed by atoms with E-state index in [-0.39, 0.29) is 11.8 Å². The molecule has 1 aliphatic rings. The molecule has 108 valence electrons. The van der Waals surface area contributed by atoms with Gasteiger partial charge in [0.25, 0.3) is 11.8 Å². The predicted octanol–water partition coefficient (Wildman–Crippen LogP) is 2.51. The number of carbonyl (C=O) groups excluding carboxylic acids is 2. The zero-order valence-electron chi connectivity index (χ0n) is 11.5. The van der Waals surface area contributed by atoms with Crippen LogP contribution in [0.4, 0.5) is 0 Å². The van der Waals surface area contributed by atoms with Gasteiger partial charge in [-0.3, -0.25) is 14.5 Å². The first-order valence-corrected chi connectivity index (χ1v) is 7.76. The maximum atomic E-state index is 12.2. The van der Waals surface area contributed by atoms with Crippen LogP contribution in [-0.2, 0) is 5.75 Å². The number of aromatic nitrogens is 1. The normalized spacial score (nSPS) is 13.9. The summed E-state index contributed by atoms with van der Waals surface area (Å²) in [5.74, 6) is 1.79. The number of thioether (sulfide) groups is 1. The lowest BCUT2D eigenvalue weighted by atomic mass is 10.1. The lowest BCUT2D eigenvalue weighted by Crippen LogP contribution is -2.31.